The van der Waals surface area contributed by atoms with Crippen molar-refractivity contribution in [1.29, 1.82) is 0 Å². The lowest BCUT2D eigenvalue weighted by Crippen LogP contribution is -2.10. The van der Waals surface area contributed by atoms with Gasteiger partial charge in [0.1, 0.15) is 0 Å². The van der Waals surface area contributed by atoms with Gasteiger partial charge in [0.25, 0.3) is 0 Å². The molecule has 1 N–H and O–H groups in total. The second kappa shape index (κ2) is 7.99. The molecule has 33 heavy (non-hydrogen) atoms. The zero-order chi connectivity index (χ0) is 23.2. The van der Waals surface area contributed by atoms with Gasteiger partial charge < -0.3 is 5.32 Å². The van der Waals surface area contributed by atoms with Crippen molar-refractivity contribution in [3.63, 3.8) is 0 Å². The first-order valence-electron chi connectivity index (χ1n) is 10.7. The Hall–Kier alpha value is -3.74. The van der Waals surface area contributed by atoms with Gasteiger partial charge in [-0.1, -0.05) is 24.3 Å². The second-order valence-corrected chi connectivity index (χ2v) is 8.15. The van der Waals surface area contributed by atoms with Crippen LogP contribution in [0.4, 0.5) is 24.8 Å². The highest BCUT2D eigenvalue weighted by Crippen LogP contribution is 2.36. The Bertz CT molecular complexity index is 1410. The van der Waals surface area contributed by atoms with Gasteiger partial charge in [-0.05, 0) is 77.9 Å². The molecule has 0 radical (unpaired) electrons. The lowest BCUT2D eigenvalue weighted by atomic mass is 9.92. The number of aromatic nitrogens is 2. The number of nitrogens with one attached hydrogen (secondary N) is 1. The fraction of sp³-hybridized carbons (Fsp3) is 0.192. The quantitative estimate of drug-likeness (QED) is 0.379. The van der Waals surface area contributed by atoms with E-state index < -0.39 is 11.7 Å². The maximum Gasteiger partial charge on any atom is 0.416 e. The van der Waals surface area contributed by atoms with Crippen LogP contribution in [0.15, 0.2) is 65.8 Å². The first-order chi connectivity index (χ1) is 15.8. The molecule has 0 amide bonds. The molecule has 2 heterocycles. The Morgan fingerprint density at radius 3 is 2.52 bits per heavy atom. The Morgan fingerprint density at radius 1 is 0.909 bits per heavy atom. The Balaban J connectivity index is 1.54. The van der Waals surface area contributed by atoms with E-state index in [1.165, 1.54) is 6.07 Å². The molecule has 4 aromatic rings. The molecule has 5 rings (SSSR count). The number of rotatable bonds is 3. The number of aryl methyl sites for hydroxylation is 2. The normalized spacial score (nSPS) is 13.5. The topological polar surface area (TPSA) is 50.2 Å². The number of nitrogens with zero attached hydrogens (tertiary/aromatic N) is 3. The minimum absolute atomic E-state index is 0.399. The summed E-state index contributed by atoms with van der Waals surface area (Å²) in [5.41, 5.74) is 6.30. The van der Waals surface area contributed by atoms with Crippen LogP contribution in [0, 0.1) is 6.92 Å². The standard InChI is InChI=1S/C26H21F3N4/c1-15-3-4-18(22-9-6-16-5-8-20(26(27,28)29)13-24(16)32-22)12-21(15)17-7-10-23-19(11-17)14-31-25(30-2)33-23/h3-5,7-8,10-14H,6,9H2,1-2H3,(H,30,31,33). The van der Waals surface area contributed by atoms with Crippen LogP contribution in [0.3, 0.4) is 0 Å². The maximum atomic E-state index is 13.2. The highest BCUT2D eigenvalue weighted by molar-refractivity contribution is 6.04. The van der Waals surface area contributed by atoms with E-state index in [0.29, 0.717) is 24.5 Å². The van der Waals surface area contributed by atoms with Crippen LogP contribution >= 0.6 is 0 Å². The zero-order valence-corrected chi connectivity index (χ0v) is 18.2. The number of hydrogen-bond donors (Lipinski definition) is 1. The van der Waals surface area contributed by atoms with E-state index in [2.05, 4.69) is 32.4 Å². The van der Waals surface area contributed by atoms with Crippen molar-refractivity contribution in [1.82, 2.24) is 9.97 Å². The van der Waals surface area contributed by atoms with E-state index in [-0.39, 0.29) is 0 Å². The molecule has 0 atom stereocenters. The molecule has 0 unspecified atom stereocenters. The van der Waals surface area contributed by atoms with Gasteiger partial charge in [-0.2, -0.15) is 13.2 Å². The number of fused-ring (bicyclic) bond motifs is 2. The predicted octanol–water partition coefficient (Wildman–Crippen LogP) is 6.73. The van der Waals surface area contributed by atoms with Gasteiger partial charge in [0, 0.05) is 24.3 Å². The van der Waals surface area contributed by atoms with E-state index in [1.807, 2.05) is 31.2 Å². The van der Waals surface area contributed by atoms with Crippen LogP contribution in [0.25, 0.3) is 22.0 Å². The molecule has 0 saturated heterocycles. The molecule has 0 fully saturated rings. The molecule has 7 heteroatoms. The Kier molecular flexibility index (Phi) is 5.12. The van der Waals surface area contributed by atoms with E-state index in [0.717, 1.165) is 56.6 Å². The van der Waals surface area contributed by atoms with Gasteiger partial charge in [-0.15, -0.1) is 0 Å². The summed E-state index contributed by atoms with van der Waals surface area (Å²) < 4.78 is 39.5. The molecule has 3 aromatic carbocycles. The van der Waals surface area contributed by atoms with Gasteiger partial charge in [0.15, 0.2) is 0 Å². The number of anilines is 1. The first kappa shape index (κ1) is 21.1. The predicted molar refractivity (Wildman–Crippen MR) is 125 cm³/mol. The van der Waals surface area contributed by atoms with Crippen molar-refractivity contribution < 1.29 is 13.2 Å². The van der Waals surface area contributed by atoms with Gasteiger partial charge in [0.2, 0.25) is 5.95 Å². The van der Waals surface area contributed by atoms with E-state index in [1.54, 1.807) is 13.2 Å². The van der Waals surface area contributed by atoms with Gasteiger partial charge in [0.05, 0.1) is 16.8 Å². The molecule has 166 valence electrons. The Morgan fingerprint density at radius 2 is 1.73 bits per heavy atom. The van der Waals surface area contributed by atoms with Gasteiger partial charge >= 0.3 is 6.18 Å². The number of aliphatic imine (C=N–C) groups is 1. The third kappa shape index (κ3) is 4.06. The van der Waals surface area contributed by atoms with Crippen LogP contribution in [-0.4, -0.2) is 22.7 Å². The van der Waals surface area contributed by atoms with Crippen LogP contribution in [0.2, 0.25) is 0 Å². The fourth-order valence-electron chi connectivity index (χ4n) is 4.15. The third-order valence-corrected chi connectivity index (χ3v) is 5.98. The molecule has 0 bridgehead atoms. The van der Waals surface area contributed by atoms with Crippen molar-refractivity contribution in [2.24, 2.45) is 4.99 Å². The molecule has 4 nitrogen and oxygen atoms in total. The highest BCUT2D eigenvalue weighted by atomic mass is 19.4. The number of halogens is 3. The fourth-order valence-corrected chi connectivity index (χ4v) is 4.15. The first-order valence-corrected chi connectivity index (χ1v) is 10.7. The summed E-state index contributed by atoms with van der Waals surface area (Å²) in [4.78, 5) is 13.4. The third-order valence-electron chi connectivity index (χ3n) is 5.98. The minimum atomic E-state index is -4.38. The van der Waals surface area contributed by atoms with Crippen molar-refractivity contribution in [2.45, 2.75) is 25.9 Å². The van der Waals surface area contributed by atoms with Crippen LogP contribution in [-0.2, 0) is 12.6 Å². The molecule has 1 aromatic heterocycles. The second-order valence-electron chi connectivity index (χ2n) is 8.15. The summed E-state index contributed by atoms with van der Waals surface area (Å²) in [5, 5.41) is 3.87. The number of hydrogen-bond acceptors (Lipinski definition) is 4. The summed E-state index contributed by atoms with van der Waals surface area (Å²) in [7, 11) is 1.78. The Labute approximate surface area is 189 Å². The van der Waals surface area contributed by atoms with Gasteiger partial charge in [-0.25, -0.2) is 9.97 Å². The molecule has 1 aliphatic rings. The van der Waals surface area contributed by atoms with Crippen LogP contribution in [0.5, 0.6) is 0 Å². The van der Waals surface area contributed by atoms with Crippen molar-refractivity contribution in [2.75, 3.05) is 12.4 Å². The summed E-state index contributed by atoms with van der Waals surface area (Å²) in [6, 6.07) is 15.9. The van der Waals surface area contributed by atoms with Gasteiger partial charge in [-0.3, -0.25) is 4.99 Å². The molecule has 0 saturated carbocycles. The molecule has 0 spiro atoms. The number of benzene rings is 3. The monoisotopic (exact) mass is 446 g/mol. The van der Waals surface area contributed by atoms with Crippen LogP contribution < -0.4 is 5.32 Å². The molecular weight excluding hydrogens is 425 g/mol. The summed E-state index contributed by atoms with van der Waals surface area (Å²) >= 11 is 0. The number of alkyl halides is 3. The van der Waals surface area contributed by atoms with Crippen molar-refractivity contribution in [3.05, 3.63) is 83.0 Å². The van der Waals surface area contributed by atoms with Crippen LogP contribution in [0.1, 0.15) is 28.7 Å². The summed E-state index contributed by atoms with van der Waals surface area (Å²) in [6.07, 6.45) is -1.25. The zero-order valence-electron chi connectivity index (χ0n) is 18.2. The molecular formula is C26H21F3N4. The highest BCUT2D eigenvalue weighted by Gasteiger charge is 2.31. The van der Waals surface area contributed by atoms with E-state index >= 15 is 0 Å². The van der Waals surface area contributed by atoms with E-state index in [4.69, 9.17) is 0 Å². The lowest BCUT2D eigenvalue weighted by molar-refractivity contribution is -0.137. The van der Waals surface area contributed by atoms with Crippen molar-refractivity contribution in [3.8, 4) is 11.1 Å². The maximum absolute atomic E-state index is 13.2. The largest absolute Gasteiger partial charge is 0.416 e. The molecule has 0 aliphatic carbocycles. The summed E-state index contributed by atoms with van der Waals surface area (Å²) in [6.45, 7) is 2.04. The average molecular weight is 446 g/mol. The smallest absolute Gasteiger partial charge is 0.357 e. The SMILES string of the molecule is CNc1ncc2cc(-c3cc(C4=Nc5cc(C(F)(F)F)ccc5CC4)ccc3C)ccc2n1. The van der Waals surface area contributed by atoms with E-state index in [9.17, 15) is 13.2 Å². The molecule has 1 aliphatic heterocycles. The average Bonchev–Trinajstić information content (AvgIpc) is 2.82. The van der Waals surface area contributed by atoms with Crippen molar-refractivity contribution >= 4 is 28.3 Å². The lowest BCUT2D eigenvalue weighted by Gasteiger charge is -2.18. The minimum Gasteiger partial charge on any atom is -0.357 e. The summed E-state index contributed by atoms with van der Waals surface area (Å²) in [5.74, 6) is 0.567.